The molecule has 0 saturated heterocycles. The SMILES string of the molecule is CCOC(=O)c1cn[nH]c1NC(=O)c1ccc(C)cc1. The van der Waals surface area contributed by atoms with Gasteiger partial charge >= 0.3 is 5.97 Å². The minimum atomic E-state index is -0.527. The van der Waals surface area contributed by atoms with Gasteiger partial charge in [-0.25, -0.2) is 4.79 Å². The molecule has 1 aromatic heterocycles. The fraction of sp³-hybridized carbons (Fsp3) is 0.214. The van der Waals surface area contributed by atoms with Gasteiger partial charge in [-0.2, -0.15) is 5.10 Å². The van der Waals surface area contributed by atoms with Crippen molar-refractivity contribution in [2.24, 2.45) is 0 Å². The molecular weight excluding hydrogens is 258 g/mol. The van der Waals surface area contributed by atoms with Crippen LogP contribution in [0.2, 0.25) is 0 Å². The summed E-state index contributed by atoms with van der Waals surface area (Å²) in [5, 5.41) is 8.93. The molecule has 0 unspecified atom stereocenters. The number of aromatic nitrogens is 2. The van der Waals surface area contributed by atoms with Gasteiger partial charge in [0.15, 0.2) is 0 Å². The van der Waals surface area contributed by atoms with Crippen LogP contribution in [0.4, 0.5) is 5.82 Å². The Morgan fingerprint density at radius 2 is 2.00 bits per heavy atom. The van der Waals surface area contributed by atoms with Crippen molar-refractivity contribution < 1.29 is 14.3 Å². The van der Waals surface area contributed by atoms with E-state index in [-0.39, 0.29) is 23.9 Å². The van der Waals surface area contributed by atoms with E-state index < -0.39 is 5.97 Å². The second-order valence-electron chi connectivity index (χ2n) is 4.20. The number of nitrogens with zero attached hydrogens (tertiary/aromatic N) is 1. The number of H-pyrrole nitrogens is 1. The van der Waals surface area contributed by atoms with Crippen LogP contribution >= 0.6 is 0 Å². The number of nitrogens with one attached hydrogen (secondary N) is 2. The molecule has 2 aromatic rings. The Bertz CT molecular complexity index is 617. The summed E-state index contributed by atoms with van der Waals surface area (Å²) in [5.74, 6) is -0.616. The van der Waals surface area contributed by atoms with Gasteiger partial charge in [0.2, 0.25) is 0 Å². The number of aryl methyl sites for hydroxylation is 1. The first kappa shape index (κ1) is 13.8. The highest BCUT2D eigenvalue weighted by atomic mass is 16.5. The number of ether oxygens (including phenoxy) is 1. The summed E-state index contributed by atoms with van der Waals surface area (Å²) in [6.45, 7) is 3.91. The molecular formula is C14H15N3O3. The first-order valence-electron chi connectivity index (χ1n) is 6.20. The highest BCUT2D eigenvalue weighted by molar-refractivity contribution is 6.07. The van der Waals surface area contributed by atoms with E-state index in [0.29, 0.717) is 5.56 Å². The summed E-state index contributed by atoms with van der Waals surface area (Å²) in [6.07, 6.45) is 1.32. The molecule has 6 nitrogen and oxygen atoms in total. The van der Waals surface area contributed by atoms with Crippen molar-refractivity contribution in [1.29, 1.82) is 0 Å². The molecule has 0 atom stereocenters. The van der Waals surface area contributed by atoms with E-state index >= 15 is 0 Å². The molecule has 1 aromatic carbocycles. The predicted octanol–water partition coefficient (Wildman–Crippen LogP) is 2.15. The Balaban J connectivity index is 2.14. The summed E-state index contributed by atoms with van der Waals surface area (Å²) in [5.41, 5.74) is 1.77. The maximum atomic E-state index is 12.0. The number of carbonyl (C=O) groups is 2. The molecule has 104 valence electrons. The summed E-state index contributed by atoms with van der Waals surface area (Å²) in [4.78, 5) is 23.7. The minimum absolute atomic E-state index is 0.201. The van der Waals surface area contributed by atoms with E-state index in [1.54, 1.807) is 19.1 Å². The zero-order chi connectivity index (χ0) is 14.5. The second-order valence-corrected chi connectivity index (χ2v) is 4.20. The van der Waals surface area contributed by atoms with E-state index in [4.69, 9.17) is 4.74 Å². The molecule has 0 aliphatic rings. The number of hydrogen-bond donors (Lipinski definition) is 2. The van der Waals surface area contributed by atoms with Crippen molar-refractivity contribution in [2.75, 3.05) is 11.9 Å². The van der Waals surface area contributed by atoms with E-state index in [0.717, 1.165) is 5.56 Å². The smallest absolute Gasteiger partial charge is 0.343 e. The first-order chi connectivity index (χ1) is 9.61. The molecule has 2 N–H and O–H groups in total. The maximum Gasteiger partial charge on any atom is 0.343 e. The number of amides is 1. The Morgan fingerprint density at radius 3 is 2.65 bits per heavy atom. The van der Waals surface area contributed by atoms with Crippen LogP contribution in [-0.2, 0) is 4.74 Å². The zero-order valence-electron chi connectivity index (χ0n) is 11.3. The lowest BCUT2D eigenvalue weighted by Crippen LogP contribution is -2.15. The Kier molecular flexibility index (Phi) is 4.14. The third-order valence-electron chi connectivity index (χ3n) is 2.69. The van der Waals surface area contributed by atoms with Crippen molar-refractivity contribution >= 4 is 17.7 Å². The van der Waals surface area contributed by atoms with Crippen LogP contribution in [0, 0.1) is 6.92 Å². The van der Waals surface area contributed by atoms with Gasteiger partial charge < -0.3 is 10.1 Å². The molecule has 1 heterocycles. The van der Waals surface area contributed by atoms with Crippen molar-refractivity contribution in [1.82, 2.24) is 10.2 Å². The van der Waals surface area contributed by atoms with Gasteiger partial charge in [0, 0.05) is 5.56 Å². The minimum Gasteiger partial charge on any atom is -0.462 e. The van der Waals surface area contributed by atoms with E-state index in [1.165, 1.54) is 6.20 Å². The van der Waals surface area contributed by atoms with Crippen molar-refractivity contribution in [3.63, 3.8) is 0 Å². The van der Waals surface area contributed by atoms with Crippen LogP contribution in [-0.4, -0.2) is 28.7 Å². The molecule has 0 aliphatic heterocycles. The number of hydrogen-bond acceptors (Lipinski definition) is 4. The molecule has 0 bridgehead atoms. The molecule has 6 heteroatoms. The Morgan fingerprint density at radius 1 is 1.30 bits per heavy atom. The van der Waals surface area contributed by atoms with Gasteiger partial charge in [0.1, 0.15) is 11.4 Å². The molecule has 0 aliphatic carbocycles. The van der Waals surface area contributed by atoms with Crippen LogP contribution < -0.4 is 5.32 Å². The number of anilines is 1. The van der Waals surface area contributed by atoms with Gasteiger partial charge in [-0.1, -0.05) is 17.7 Å². The maximum absolute atomic E-state index is 12.0. The van der Waals surface area contributed by atoms with Crippen molar-refractivity contribution in [3.8, 4) is 0 Å². The lowest BCUT2D eigenvalue weighted by atomic mass is 10.1. The average molecular weight is 273 g/mol. The Hall–Kier alpha value is -2.63. The quantitative estimate of drug-likeness (QED) is 0.836. The number of rotatable bonds is 4. The molecule has 0 saturated carbocycles. The van der Waals surface area contributed by atoms with E-state index in [1.807, 2.05) is 19.1 Å². The first-order valence-corrected chi connectivity index (χ1v) is 6.20. The fourth-order valence-corrected chi connectivity index (χ4v) is 1.64. The second kappa shape index (κ2) is 6.01. The Labute approximate surface area is 116 Å². The standard InChI is InChI=1S/C14H15N3O3/c1-3-20-14(19)11-8-15-17-12(11)16-13(18)10-6-4-9(2)5-7-10/h4-8H,3H2,1-2H3,(H2,15,16,17,18). The van der Waals surface area contributed by atoms with Crippen LogP contribution in [0.1, 0.15) is 33.2 Å². The summed E-state index contributed by atoms with van der Waals surface area (Å²) >= 11 is 0. The lowest BCUT2D eigenvalue weighted by Gasteiger charge is -2.05. The monoisotopic (exact) mass is 273 g/mol. The van der Waals surface area contributed by atoms with Gasteiger partial charge in [-0.3, -0.25) is 9.89 Å². The molecule has 0 radical (unpaired) electrons. The molecule has 1 amide bonds. The number of benzene rings is 1. The van der Waals surface area contributed by atoms with Gasteiger partial charge in [0.05, 0.1) is 12.8 Å². The zero-order valence-corrected chi connectivity index (χ0v) is 11.3. The normalized spacial score (nSPS) is 10.1. The average Bonchev–Trinajstić information content (AvgIpc) is 2.88. The summed E-state index contributed by atoms with van der Waals surface area (Å²) in [6, 6.07) is 7.11. The number of aromatic amines is 1. The predicted molar refractivity (Wildman–Crippen MR) is 73.7 cm³/mol. The molecule has 2 rings (SSSR count). The van der Waals surface area contributed by atoms with Crippen LogP contribution in [0.3, 0.4) is 0 Å². The summed E-state index contributed by atoms with van der Waals surface area (Å²) < 4.78 is 4.88. The van der Waals surface area contributed by atoms with E-state index in [9.17, 15) is 9.59 Å². The van der Waals surface area contributed by atoms with Crippen LogP contribution in [0.15, 0.2) is 30.5 Å². The highest BCUT2D eigenvalue weighted by Gasteiger charge is 2.17. The van der Waals surface area contributed by atoms with Crippen LogP contribution in [0.25, 0.3) is 0 Å². The highest BCUT2D eigenvalue weighted by Crippen LogP contribution is 2.14. The third kappa shape index (κ3) is 3.03. The van der Waals surface area contributed by atoms with Crippen molar-refractivity contribution in [3.05, 3.63) is 47.2 Å². The van der Waals surface area contributed by atoms with Gasteiger partial charge in [-0.05, 0) is 26.0 Å². The lowest BCUT2D eigenvalue weighted by molar-refractivity contribution is 0.0527. The largest absolute Gasteiger partial charge is 0.462 e. The molecule has 20 heavy (non-hydrogen) atoms. The topological polar surface area (TPSA) is 84.1 Å². The third-order valence-corrected chi connectivity index (χ3v) is 2.69. The molecule has 0 fully saturated rings. The number of carbonyl (C=O) groups excluding carboxylic acids is 2. The molecule has 0 spiro atoms. The van der Waals surface area contributed by atoms with E-state index in [2.05, 4.69) is 15.5 Å². The van der Waals surface area contributed by atoms with Gasteiger partial charge in [-0.15, -0.1) is 0 Å². The van der Waals surface area contributed by atoms with Gasteiger partial charge in [0.25, 0.3) is 5.91 Å². The number of esters is 1. The fourth-order valence-electron chi connectivity index (χ4n) is 1.64. The van der Waals surface area contributed by atoms with Crippen LogP contribution in [0.5, 0.6) is 0 Å². The van der Waals surface area contributed by atoms with Crippen molar-refractivity contribution in [2.45, 2.75) is 13.8 Å². The summed E-state index contributed by atoms with van der Waals surface area (Å²) in [7, 11) is 0.